The van der Waals surface area contributed by atoms with Gasteiger partial charge in [-0.15, -0.1) is 0 Å². The first-order valence-electron chi connectivity index (χ1n) is 5.90. The molecule has 0 fully saturated rings. The average Bonchev–Trinajstić information content (AvgIpc) is 2.40. The van der Waals surface area contributed by atoms with Crippen LogP contribution in [0.3, 0.4) is 0 Å². The number of carboxylic acid groups (broad SMARTS) is 1. The number of hydrogen-bond acceptors (Lipinski definition) is 2. The van der Waals surface area contributed by atoms with E-state index >= 15 is 0 Å². The van der Waals surface area contributed by atoms with Crippen LogP contribution in [0, 0.1) is 5.82 Å². The molecule has 1 N–H and O–H groups in total. The highest BCUT2D eigenvalue weighted by atomic mass is 19.3. The predicted octanol–water partition coefficient (Wildman–Crippen LogP) is 2.62. The Bertz CT molecular complexity index is 723. The number of hydrogen-bond donors (Lipinski definition) is 1. The fourth-order valence-corrected chi connectivity index (χ4v) is 1.88. The van der Waals surface area contributed by atoms with Gasteiger partial charge in [-0.05, 0) is 17.7 Å². The monoisotopic (exact) mass is 297 g/mol. The van der Waals surface area contributed by atoms with Gasteiger partial charge < -0.3 is 9.67 Å². The molecule has 0 radical (unpaired) electrons. The lowest BCUT2D eigenvalue weighted by atomic mass is 10.0. The molecule has 0 saturated carbocycles. The normalized spacial score (nSPS) is 10.9. The summed E-state index contributed by atoms with van der Waals surface area (Å²) in [4.78, 5) is 23.1. The minimum atomic E-state index is -2.70. The first kappa shape index (κ1) is 14.8. The molecular weight excluding hydrogens is 287 g/mol. The van der Waals surface area contributed by atoms with Crippen LogP contribution in [0.4, 0.5) is 13.2 Å². The van der Waals surface area contributed by atoms with Crippen molar-refractivity contribution in [2.75, 3.05) is 0 Å². The van der Waals surface area contributed by atoms with Gasteiger partial charge in [0.1, 0.15) is 11.4 Å². The average molecular weight is 297 g/mol. The van der Waals surface area contributed by atoms with Crippen LogP contribution in [0.5, 0.6) is 0 Å². The van der Waals surface area contributed by atoms with E-state index in [4.69, 9.17) is 5.11 Å². The highest BCUT2D eigenvalue weighted by Gasteiger charge is 2.16. The Hall–Kier alpha value is -2.57. The fraction of sp³-hybridized carbons (Fsp3) is 0.143. The molecule has 21 heavy (non-hydrogen) atoms. The number of rotatable bonds is 4. The highest BCUT2D eigenvalue weighted by molar-refractivity contribution is 5.88. The Morgan fingerprint density at radius 1 is 1.19 bits per heavy atom. The lowest BCUT2D eigenvalue weighted by molar-refractivity contribution is 0.0692. The summed E-state index contributed by atoms with van der Waals surface area (Å²) in [5, 5.41) is 8.98. The summed E-state index contributed by atoms with van der Waals surface area (Å²) in [7, 11) is 0. The second-order valence-electron chi connectivity index (χ2n) is 4.31. The lowest BCUT2D eigenvalue weighted by Crippen LogP contribution is -2.21. The molecule has 1 aromatic heterocycles. The number of aromatic carboxylic acids is 1. The molecule has 0 aliphatic carbocycles. The van der Waals surface area contributed by atoms with E-state index in [0.29, 0.717) is 0 Å². The molecule has 0 aliphatic heterocycles. The maximum atomic E-state index is 12.9. The molecule has 7 heteroatoms. The van der Waals surface area contributed by atoms with Crippen molar-refractivity contribution in [3.63, 3.8) is 0 Å². The summed E-state index contributed by atoms with van der Waals surface area (Å²) in [5.41, 5.74) is -1.24. The van der Waals surface area contributed by atoms with E-state index in [1.165, 1.54) is 12.1 Å². The Morgan fingerprint density at radius 2 is 1.81 bits per heavy atom. The van der Waals surface area contributed by atoms with Crippen molar-refractivity contribution in [3.8, 4) is 11.1 Å². The van der Waals surface area contributed by atoms with Gasteiger partial charge in [-0.1, -0.05) is 12.1 Å². The molecule has 0 unspecified atom stereocenters. The molecule has 4 nitrogen and oxygen atoms in total. The Morgan fingerprint density at radius 3 is 2.33 bits per heavy atom. The maximum absolute atomic E-state index is 12.9. The number of halogens is 3. The molecule has 2 rings (SSSR count). The van der Waals surface area contributed by atoms with Gasteiger partial charge >= 0.3 is 5.97 Å². The van der Waals surface area contributed by atoms with Crippen molar-refractivity contribution >= 4 is 5.97 Å². The Balaban J connectivity index is 2.63. The van der Waals surface area contributed by atoms with Gasteiger partial charge in [-0.25, -0.2) is 18.0 Å². The van der Waals surface area contributed by atoms with Crippen LogP contribution in [-0.2, 0) is 6.54 Å². The minimum Gasteiger partial charge on any atom is -0.477 e. The molecule has 110 valence electrons. The van der Waals surface area contributed by atoms with Crippen molar-refractivity contribution in [1.29, 1.82) is 0 Å². The first-order valence-corrected chi connectivity index (χ1v) is 5.90. The lowest BCUT2D eigenvalue weighted by Gasteiger charge is -2.10. The summed E-state index contributed by atoms with van der Waals surface area (Å²) in [5.74, 6) is -2.03. The Labute approximate surface area is 117 Å². The zero-order chi connectivity index (χ0) is 15.6. The van der Waals surface area contributed by atoms with Gasteiger partial charge in [0.15, 0.2) is 0 Å². The van der Waals surface area contributed by atoms with Crippen molar-refractivity contribution in [1.82, 2.24) is 4.57 Å². The van der Waals surface area contributed by atoms with Gasteiger partial charge in [0, 0.05) is 18.0 Å². The van der Waals surface area contributed by atoms with Gasteiger partial charge in [-0.3, -0.25) is 4.79 Å². The SMILES string of the molecule is O=C(O)c1cn(CC(F)F)cc(-c2ccc(F)cc2)c1=O. The van der Waals surface area contributed by atoms with Crippen molar-refractivity contribution in [2.24, 2.45) is 0 Å². The number of alkyl halides is 2. The van der Waals surface area contributed by atoms with Crippen LogP contribution >= 0.6 is 0 Å². The van der Waals surface area contributed by atoms with E-state index < -0.39 is 35.7 Å². The second kappa shape index (κ2) is 5.82. The molecule has 2 aromatic rings. The van der Waals surface area contributed by atoms with E-state index in [2.05, 4.69) is 0 Å². The van der Waals surface area contributed by atoms with Crippen LogP contribution in [0.2, 0.25) is 0 Å². The standard InChI is InChI=1S/C14H10F3NO3/c15-9-3-1-8(2-4-9)10-5-18(7-12(16)17)6-11(13(10)19)14(20)21/h1-6,12H,7H2,(H,20,21). The second-order valence-corrected chi connectivity index (χ2v) is 4.31. The van der Waals surface area contributed by atoms with Gasteiger partial charge in [-0.2, -0.15) is 0 Å². The number of nitrogens with zero attached hydrogens (tertiary/aromatic N) is 1. The summed E-state index contributed by atoms with van der Waals surface area (Å²) in [6.07, 6.45) is -0.701. The van der Waals surface area contributed by atoms with Crippen molar-refractivity contribution in [2.45, 2.75) is 13.0 Å². The topological polar surface area (TPSA) is 59.3 Å². The zero-order valence-corrected chi connectivity index (χ0v) is 10.6. The van der Waals surface area contributed by atoms with E-state index in [9.17, 15) is 22.8 Å². The maximum Gasteiger partial charge on any atom is 0.341 e. The van der Waals surface area contributed by atoms with E-state index in [-0.39, 0.29) is 11.1 Å². The number of pyridine rings is 1. The highest BCUT2D eigenvalue weighted by Crippen LogP contribution is 2.17. The third-order valence-corrected chi connectivity index (χ3v) is 2.81. The summed E-state index contributed by atoms with van der Waals surface area (Å²) in [6, 6.07) is 4.76. The van der Waals surface area contributed by atoms with Crippen LogP contribution in [0.15, 0.2) is 41.5 Å². The van der Waals surface area contributed by atoms with Crippen LogP contribution in [-0.4, -0.2) is 22.1 Å². The van der Waals surface area contributed by atoms with E-state index in [1.807, 2.05) is 0 Å². The largest absolute Gasteiger partial charge is 0.477 e. The molecule has 0 atom stereocenters. The van der Waals surface area contributed by atoms with Crippen LogP contribution in [0.25, 0.3) is 11.1 Å². The summed E-state index contributed by atoms with van der Waals surface area (Å²) >= 11 is 0. The molecule has 1 heterocycles. The molecular formula is C14H10F3NO3. The minimum absolute atomic E-state index is 0.0736. The third-order valence-electron chi connectivity index (χ3n) is 2.81. The molecule has 0 saturated heterocycles. The summed E-state index contributed by atoms with van der Waals surface area (Å²) in [6.45, 7) is -0.741. The van der Waals surface area contributed by atoms with E-state index in [1.54, 1.807) is 0 Å². The fourth-order valence-electron chi connectivity index (χ4n) is 1.88. The summed E-state index contributed by atoms with van der Waals surface area (Å²) < 4.78 is 38.7. The van der Waals surface area contributed by atoms with Crippen molar-refractivity contribution < 1.29 is 23.1 Å². The predicted molar refractivity (Wildman–Crippen MR) is 69.1 cm³/mol. The van der Waals surface area contributed by atoms with Gasteiger partial charge in [0.25, 0.3) is 6.43 Å². The zero-order valence-electron chi connectivity index (χ0n) is 10.6. The number of aromatic nitrogens is 1. The van der Waals surface area contributed by atoms with E-state index in [0.717, 1.165) is 29.1 Å². The number of benzene rings is 1. The Kier molecular flexibility index (Phi) is 4.11. The smallest absolute Gasteiger partial charge is 0.341 e. The van der Waals surface area contributed by atoms with Crippen LogP contribution in [0.1, 0.15) is 10.4 Å². The van der Waals surface area contributed by atoms with Gasteiger partial charge in [0.2, 0.25) is 5.43 Å². The molecule has 0 amide bonds. The van der Waals surface area contributed by atoms with Crippen LogP contribution < -0.4 is 5.43 Å². The number of carboxylic acids is 1. The quantitative estimate of drug-likeness (QED) is 0.943. The van der Waals surface area contributed by atoms with Crippen molar-refractivity contribution in [3.05, 3.63) is 58.3 Å². The molecule has 0 spiro atoms. The number of carbonyl (C=O) groups is 1. The third kappa shape index (κ3) is 3.31. The molecule has 0 aliphatic rings. The first-order chi connectivity index (χ1) is 9.88. The molecule has 1 aromatic carbocycles. The van der Waals surface area contributed by atoms with Gasteiger partial charge in [0.05, 0.1) is 6.54 Å². The molecule has 0 bridgehead atoms.